The third-order valence-corrected chi connectivity index (χ3v) is 7.74. The van der Waals surface area contributed by atoms with Crippen LogP contribution in [-0.4, -0.2) is 59.0 Å². The monoisotopic (exact) mass is 635 g/mol. The van der Waals surface area contributed by atoms with E-state index in [9.17, 15) is 14.0 Å². The lowest BCUT2D eigenvalue weighted by molar-refractivity contribution is -0.276. The molecule has 2 fully saturated rings. The summed E-state index contributed by atoms with van der Waals surface area (Å²) in [7, 11) is 1.43. The van der Waals surface area contributed by atoms with Gasteiger partial charge < -0.3 is 29.4 Å². The minimum absolute atomic E-state index is 0.00736. The predicted molar refractivity (Wildman–Crippen MR) is 160 cm³/mol. The van der Waals surface area contributed by atoms with Crippen LogP contribution in [0.15, 0.2) is 54.9 Å². The maximum absolute atomic E-state index is 15.6. The summed E-state index contributed by atoms with van der Waals surface area (Å²) < 4.78 is 58.0. The van der Waals surface area contributed by atoms with E-state index in [1.54, 1.807) is 6.07 Å². The lowest BCUT2D eigenvalue weighted by atomic mass is 10.0. The summed E-state index contributed by atoms with van der Waals surface area (Å²) in [6.45, 7) is 4.44. The van der Waals surface area contributed by atoms with Crippen molar-refractivity contribution < 1.29 is 42.1 Å². The Bertz CT molecular complexity index is 1800. The third kappa shape index (κ3) is 6.13. The van der Waals surface area contributed by atoms with Crippen molar-refractivity contribution in [2.45, 2.75) is 45.0 Å². The van der Waals surface area contributed by atoms with Crippen molar-refractivity contribution in [3.63, 3.8) is 0 Å². The van der Waals surface area contributed by atoms with Gasteiger partial charge in [-0.3, -0.25) is 19.5 Å². The summed E-state index contributed by atoms with van der Waals surface area (Å²) in [5, 5.41) is 0. The fourth-order valence-corrected chi connectivity index (χ4v) is 5.17. The molecular formula is C32H31F2N5O7. The quantitative estimate of drug-likeness (QED) is 0.237. The van der Waals surface area contributed by atoms with Gasteiger partial charge in [0.2, 0.25) is 11.8 Å². The Morgan fingerprint density at radius 3 is 2.46 bits per heavy atom. The van der Waals surface area contributed by atoms with E-state index in [1.807, 2.05) is 13.8 Å². The van der Waals surface area contributed by atoms with Gasteiger partial charge in [-0.2, -0.15) is 0 Å². The van der Waals surface area contributed by atoms with Gasteiger partial charge >= 0.3 is 0 Å². The number of pyridine rings is 3. The number of halogens is 2. The van der Waals surface area contributed by atoms with Gasteiger partial charge in [0.15, 0.2) is 23.1 Å². The van der Waals surface area contributed by atoms with Gasteiger partial charge in [-0.05, 0) is 51.0 Å². The Kier molecular flexibility index (Phi) is 8.17. The number of hydrogen-bond acceptors (Lipinski definition) is 10. The number of anilines is 2. The van der Waals surface area contributed by atoms with E-state index in [1.165, 1.54) is 37.7 Å². The summed E-state index contributed by atoms with van der Waals surface area (Å²) in [5.41, 5.74) is 4.93. The molecule has 2 amide bonds. The zero-order chi connectivity index (χ0) is 32.6. The number of carbonyl (C=O) groups is 2. The first-order valence-electron chi connectivity index (χ1n) is 14.5. The Morgan fingerprint density at radius 2 is 1.80 bits per heavy atom. The summed E-state index contributed by atoms with van der Waals surface area (Å²) in [6, 6.07) is 9.11. The summed E-state index contributed by atoms with van der Waals surface area (Å²) in [4.78, 5) is 39.7. The highest BCUT2D eigenvalue weighted by Gasteiger charge is 2.57. The minimum atomic E-state index is -1.43. The topological polar surface area (TPSA) is 148 Å². The number of fused-ring (bicyclic) bond motifs is 1. The second-order valence-electron chi connectivity index (χ2n) is 11.4. The minimum Gasteiger partial charge on any atom is -0.485 e. The maximum atomic E-state index is 15.6. The predicted octanol–water partition coefficient (Wildman–Crippen LogP) is 4.95. The Hall–Kier alpha value is -4.95. The molecular weight excluding hydrogens is 604 g/mol. The van der Waals surface area contributed by atoms with Gasteiger partial charge in [0.05, 0.1) is 37.2 Å². The second-order valence-corrected chi connectivity index (χ2v) is 11.4. The molecule has 1 unspecified atom stereocenters. The number of amides is 2. The molecule has 6 rings (SSSR count). The fraction of sp³-hybridized carbons (Fsp3) is 0.344. The average molecular weight is 636 g/mol. The number of rotatable bonds is 10. The number of ether oxygens (including phenoxy) is 5. The van der Waals surface area contributed by atoms with Crippen molar-refractivity contribution >= 4 is 34.2 Å². The molecule has 14 heteroatoms. The maximum Gasteiger partial charge on any atom is 0.257 e. The number of nitrogens with zero attached hydrogens (tertiary/aromatic N) is 4. The van der Waals surface area contributed by atoms with Crippen LogP contribution in [0.2, 0.25) is 0 Å². The number of nitrogens with two attached hydrogens (primary N) is 1. The van der Waals surface area contributed by atoms with Crippen molar-refractivity contribution in [3.05, 3.63) is 66.5 Å². The van der Waals surface area contributed by atoms with Crippen molar-refractivity contribution in [2.24, 2.45) is 11.1 Å². The molecule has 12 nitrogen and oxygen atoms in total. The third-order valence-electron chi connectivity index (χ3n) is 7.74. The number of primary amides is 1. The first-order chi connectivity index (χ1) is 22.0. The van der Waals surface area contributed by atoms with Gasteiger partial charge in [-0.1, -0.05) is 0 Å². The number of hydrogen-bond donors (Lipinski definition) is 1. The molecule has 1 saturated heterocycles. The molecule has 2 N–H and O–H groups in total. The van der Waals surface area contributed by atoms with Crippen LogP contribution in [0.1, 0.15) is 33.1 Å². The van der Waals surface area contributed by atoms with Crippen LogP contribution in [-0.2, 0) is 19.1 Å². The molecule has 240 valence electrons. The zero-order valence-corrected chi connectivity index (χ0v) is 25.3. The number of aromatic nitrogens is 3. The molecule has 0 bridgehead atoms. The van der Waals surface area contributed by atoms with E-state index in [2.05, 4.69) is 15.0 Å². The summed E-state index contributed by atoms with van der Waals surface area (Å²) in [6.07, 6.45) is 3.61. The zero-order valence-electron chi connectivity index (χ0n) is 25.3. The van der Waals surface area contributed by atoms with Gasteiger partial charge in [-0.15, -0.1) is 0 Å². The molecule has 2 aliphatic rings. The Morgan fingerprint density at radius 1 is 1.04 bits per heavy atom. The molecule has 46 heavy (non-hydrogen) atoms. The SMILES string of the molecule is COc1nc2c(Oc3ncc(N(C(=O)C4(C(N)=O)CC4)c4ccc(F)cc4)cc3F)ccnc2cc1OCC1CCOC(C)(C)O1. The lowest BCUT2D eigenvalue weighted by Crippen LogP contribution is -2.42. The molecule has 0 spiro atoms. The van der Waals surface area contributed by atoms with Crippen molar-refractivity contribution in [3.8, 4) is 23.3 Å². The first kappa shape index (κ1) is 31.0. The molecule has 0 radical (unpaired) electrons. The lowest BCUT2D eigenvalue weighted by Gasteiger charge is -2.35. The number of benzene rings is 1. The fourth-order valence-electron chi connectivity index (χ4n) is 5.17. The van der Waals surface area contributed by atoms with Gasteiger partial charge in [0.25, 0.3) is 11.8 Å². The largest absolute Gasteiger partial charge is 0.485 e. The highest BCUT2D eigenvalue weighted by molar-refractivity contribution is 6.16. The molecule has 4 aromatic rings. The van der Waals surface area contributed by atoms with Crippen LogP contribution in [0.4, 0.5) is 20.2 Å². The standard InChI is InChI=1S/C32H31F2N5O7/c1-31(2)44-13-9-21(46-31)17-43-25-15-23-26(38-28(25)42-3)24(8-12-36-23)45-27-22(34)14-20(16-37-27)39(19-6-4-18(33)5-7-19)30(41)32(10-11-32)29(35)40/h4-8,12,14-16,21H,9-11,13,17H2,1-3H3,(H2,35,40). The molecule has 1 atom stereocenters. The number of carbonyl (C=O) groups excluding carboxylic acids is 2. The summed E-state index contributed by atoms with van der Waals surface area (Å²) in [5.74, 6) is -3.44. The van der Waals surface area contributed by atoms with Crippen LogP contribution >= 0.6 is 0 Å². The van der Waals surface area contributed by atoms with Crippen molar-refractivity contribution in [1.29, 1.82) is 0 Å². The van der Waals surface area contributed by atoms with E-state index in [0.29, 0.717) is 24.3 Å². The van der Waals surface area contributed by atoms with Crippen molar-refractivity contribution in [1.82, 2.24) is 15.0 Å². The van der Waals surface area contributed by atoms with Crippen LogP contribution < -0.4 is 24.8 Å². The molecule has 1 aromatic carbocycles. The molecule has 3 aromatic heterocycles. The van der Waals surface area contributed by atoms with Crippen LogP contribution in [0.3, 0.4) is 0 Å². The van der Waals surface area contributed by atoms with E-state index in [4.69, 9.17) is 29.4 Å². The van der Waals surface area contributed by atoms with Gasteiger partial charge in [-0.25, -0.2) is 18.7 Å². The Balaban J connectivity index is 1.27. The first-order valence-corrected chi connectivity index (χ1v) is 14.5. The van der Waals surface area contributed by atoms with Crippen LogP contribution in [0.5, 0.6) is 23.3 Å². The van der Waals surface area contributed by atoms with Crippen molar-refractivity contribution in [2.75, 3.05) is 25.2 Å². The summed E-state index contributed by atoms with van der Waals surface area (Å²) >= 11 is 0. The highest BCUT2D eigenvalue weighted by atomic mass is 19.1. The highest BCUT2D eigenvalue weighted by Crippen LogP contribution is 2.49. The van der Waals surface area contributed by atoms with Gasteiger partial charge in [0, 0.05) is 36.5 Å². The van der Waals surface area contributed by atoms with E-state index < -0.39 is 40.5 Å². The molecule has 1 aliphatic heterocycles. The van der Waals surface area contributed by atoms with Crippen LogP contribution in [0, 0.1) is 17.0 Å². The molecule has 4 heterocycles. The number of methoxy groups -OCH3 is 1. The van der Waals surface area contributed by atoms with E-state index in [0.717, 1.165) is 23.1 Å². The molecule has 1 aliphatic carbocycles. The smallest absolute Gasteiger partial charge is 0.257 e. The van der Waals surface area contributed by atoms with E-state index >= 15 is 4.39 Å². The van der Waals surface area contributed by atoms with Crippen LogP contribution in [0.25, 0.3) is 11.0 Å². The van der Waals surface area contributed by atoms with E-state index in [-0.39, 0.29) is 54.1 Å². The molecule has 1 saturated carbocycles. The normalized spacial score (nSPS) is 18.1. The van der Waals surface area contributed by atoms with Gasteiger partial charge in [0.1, 0.15) is 23.4 Å². The Labute approximate surface area is 262 Å². The average Bonchev–Trinajstić information content (AvgIpc) is 3.84. The second kappa shape index (κ2) is 12.1.